The Balaban J connectivity index is 2.10. The Hall–Kier alpha value is -1.46. The van der Waals surface area contributed by atoms with Crippen molar-refractivity contribution >= 4 is 5.69 Å². The maximum Gasteiger partial charge on any atom is 0.269 e. The Morgan fingerprint density at radius 2 is 2.29 bits per heavy atom. The second-order valence-electron chi connectivity index (χ2n) is 5.88. The molecular formula is C16H24N2O3. The van der Waals surface area contributed by atoms with Gasteiger partial charge >= 0.3 is 0 Å². The second kappa shape index (κ2) is 7.52. The van der Waals surface area contributed by atoms with Crippen molar-refractivity contribution in [3.63, 3.8) is 0 Å². The maximum absolute atomic E-state index is 10.9. The van der Waals surface area contributed by atoms with Crippen LogP contribution in [0.5, 0.6) is 0 Å². The first-order valence-electron chi connectivity index (χ1n) is 7.78. The molecule has 1 aliphatic carbocycles. The van der Waals surface area contributed by atoms with Crippen molar-refractivity contribution in [2.24, 2.45) is 0 Å². The summed E-state index contributed by atoms with van der Waals surface area (Å²) >= 11 is 0. The summed E-state index contributed by atoms with van der Waals surface area (Å²) in [4.78, 5) is 10.6. The number of non-ortho nitro benzene ring substituents is 1. The summed E-state index contributed by atoms with van der Waals surface area (Å²) in [6.07, 6.45) is 5.48. The standard InChI is InChI=1S/C16H24N2O3/c1-2-5-16(17-13-7-4-9-15(19)11-13)12-6-3-8-14(10-12)18(20)21/h3,6,8,10,13,15-17,19H,2,4-5,7,9,11H2,1H3. The minimum absolute atomic E-state index is 0.116. The van der Waals surface area contributed by atoms with Gasteiger partial charge in [0.25, 0.3) is 5.69 Å². The van der Waals surface area contributed by atoms with E-state index in [-0.39, 0.29) is 22.8 Å². The number of aliphatic hydroxyl groups is 1. The number of hydrogen-bond donors (Lipinski definition) is 2. The van der Waals surface area contributed by atoms with Gasteiger partial charge in [0.05, 0.1) is 11.0 Å². The molecule has 1 aromatic rings. The van der Waals surface area contributed by atoms with Crippen LogP contribution in [0.15, 0.2) is 24.3 Å². The lowest BCUT2D eigenvalue weighted by Crippen LogP contribution is -2.38. The highest BCUT2D eigenvalue weighted by Gasteiger charge is 2.23. The van der Waals surface area contributed by atoms with Gasteiger partial charge in [-0.25, -0.2) is 0 Å². The zero-order chi connectivity index (χ0) is 15.2. The smallest absolute Gasteiger partial charge is 0.269 e. The highest BCUT2D eigenvalue weighted by atomic mass is 16.6. The van der Waals surface area contributed by atoms with Gasteiger partial charge in [0.2, 0.25) is 0 Å². The molecule has 3 unspecified atom stereocenters. The monoisotopic (exact) mass is 292 g/mol. The molecule has 0 aromatic heterocycles. The van der Waals surface area contributed by atoms with Crippen LogP contribution in [0, 0.1) is 10.1 Å². The Morgan fingerprint density at radius 1 is 1.48 bits per heavy atom. The second-order valence-corrected chi connectivity index (χ2v) is 5.88. The molecule has 1 aliphatic rings. The summed E-state index contributed by atoms with van der Waals surface area (Å²) in [5.74, 6) is 0. The fourth-order valence-electron chi connectivity index (χ4n) is 3.09. The van der Waals surface area contributed by atoms with E-state index in [0.717, 1.165) is 44.1 Å². The number of nitrogens with zero attached hydrogens (tertiary/aromatic N) is 1. The van der Waals surface area contributed by atoms with Crippen molar-refractivity contribution in [2.45, 2.75) is 63.6 Å². The van der Waals surface area contributed by atoms with Crippen molar-refractivity contribution in [1.82, 2.24) is 5.32 Å². The quantitative estimate of drug-likeness (QED) is 0.623. The average Bonchev–Trinajstić information content (AvgIpc) is 2.47. The SMILES string of the molecule is CCCC(NC1CCCC(O)C1)c1cccc([N+](=O)[O-])c1. The van der Waals surface area contributed by atoms with Crippen molar-refractivity contribution in [3.8, 4) is 0 Å². The Morgan fingerprint density at radius 3 is 2.95 bits per heavy atom. The third kappa shape index (κ3) is 4.51. The van der Waals surface area contributed by atoms with Crippen LogP contribution in [0.1, 0.15) is 57.1 Å². The molecule has 116 valence electrons. The van der Waals surface area contributed by atoms with Crippen LogP contribution >= 0.6 is 0 Å². The molecule has 3 atom stereocenters. The van der Waals surface area contributed by atoms with E-state index in [1.165, 1.54) is 6.07 Å². The molecule has 5 heteroatoms. The third-order valence-electron chi connectivity index (χ3n) is 4.14. The molecule has 0 saturated heterocycles. The first-order valence-corrected chi connectivity index (χ1v) is 7.78. The van der Waals surface area contributed by atoms with E-state index in [0.29, 0.717) is 6.04 Å². The summed E-state index contributed by atoms with van der Waals surface area (Å²) in [5.41, 5.74) is 1.10. The van der Waals surface area contributed by atoms with Gasteiger partial charge in [-0.2, -0.15) is 0 Å². The van der Waals surface area contributed by atoms with Gasteiger partial charge in [-0.15, -0.1) is 0 Å². The van der Waals surface area contributed by atoms with Gasteiger partial charge in [0.1, 0.15) is 0 Å². The first-order chi connectivity index (χ1) is 10.1. The number of nitro benzene ring substituents is 1. The fraction of sp³-hybridized carbons (Fsp3) is 0.625. The number of nitrogens with one attached hydrogen (secondary N) is 1. The lowest BCUT2D eigenvalue weighted by atomic mass is 9.91. The number of hydrogen-bond acceptors (Lipinski definition) is 4. The van der Waals surface area contributed by atoms with Gasteiger partial charge in [0, 0.05) is 24.2 Å². The van der Waals surface area contributed by atoms with E-state index in [9.17, 15) is 15.2 Å². The van der Waals surface area contributed by atoms with Crippen LogP contribution in [0.3, 0.4) is 0 Å². The van der Waals surface area contributed by atoms with Crippen LogP contribution < -0.4 is 5.32 Å². The topological polar surface area (TPSA) is 75.4 Å². The van der Waals surface area contributed by atoms with Gasteiger partial charge in [-0.05, 0) is 37.7 Å². The first kappa shape index (κ1) is 15.9. The van der Waals surface area contributed by atoms with Crippen LogP contribution in [-0.4, -0.2) is 22.2 Å². The highest BCUT2D eigenvalue weighted by Crippen LogP contribution is 2.26. The largest absolute Gasteiger partial charge is 0.393 e. The average molecular weight is 292 g/mol. The van der Waals surface area contributed by atoms with Crippen LogP contribution in [0.25, 0.3) is 0 Å². The molecule has 2 rings (SSSR count). The van der Waals surface area contributed by atoms with E-state index in [2.05, 4.69) is 12.2 Å². The van der Waals surface area contributed by atoms with E-state index in [1.807, 2.05) is 6.07 Å². The predicted octanol–water partition coefficient (Wildman–Crippen LogP) is 3.33. The van der Waals surface area contributed by atoms with Crippen molar-refractivity contribution in [2.75, 3.05) is 0 Å². The maximum atomic E-state index is 10.9. The van der Waals surface area contributed by atoms with Crippen LogP contribution in [0.4, 0.5) is 5.69 Å². The Kier molecular flexibility index (Phi) is 5.70. The number of rotatable bonds is 6. The van der Waals surface area contributed by atoms with Gasteiger partial charge in [-0.3, -0.25) is 10.1 Å². The number of nitro groups is 1. The highest BCUT2D eigenvalue weighted by molar-refractivity contribution is 5.35. The minimum Gasteiger partial charge on any atom is -0.393 e. The van der Waals surface area contributed by atoms with Crippen molar-refractivity contribution < 1.29 is 10.0 Å². The van der Waals surface area contributed by atoms with E-state index in [4.69, 9.17) is 0 Å². The van der Waals surface area contributed by atoms with E-state index in [1.54, 1.807) is 12.1 Å². The van der Waals surface area contributed by atoms with Crippen LogP contribution in [-0.2, 0) is 0 Å². The van der Waals surface area contributed by atoms with Gasteiger partial charge in [-0.1, -0.05) is 25.5 Å². The van der Waals surface area contributed by atoms with Crippen LogP contribution in [0.2, 0.25) is 0 Å². The summed E-state index contributed by atoms with van der Waals surface area (Å²) in [5, 5.41) is 24.3. The third-order valence-corrected chi connectivity index (χ3v) is 4.14. The molecular weight excluding hydrogens is 268 g/mol. The molecule has 5 nitrogen and oxygen atoms in total. The van der Waals surface area contributed by atoms with Crippen molar-refractivity contribution in [3.05, 3.63) is 39.9 Å². The Labute approximate surface area is 125 Å². The summed E-state index contributed by atoms with van der Waals surface area (Å²) in [7, 11) is 0. The summed E-state index contributed by atoms with van der Waals surface area (Å²) in [6.45, 7) is 2.11. The molecule has 0 heterocycles. The molecule has 0 bridgehead atoms. The summed E-state index contributed by atoms with van der Waals surface area (Å²) < 4.78 is 0. The zero-order valence-electron chi connectivity index (χ0n) is 12.5. The van der Waals surface area contributed by atoms with E-state index >= 15 is 0 Å². The van der Waals surface area contributed by atoms with Crippen molar-refractivity contribution in [1.29, 1.82) is 0 Å². The molecule has 1 aromatic carbocycles. The fourth-order valence-corrected chi connectivity index (χ4v) is 3.09. The molecule has 1 saturated carbocycles. The molecule has 0 aliphatic heterocycles. The molecule has 0 radical (unpaired) electrons. The van der Waals surface area contributed by atoms with Gasteiger partial charge in [0.15, 0.2) is 0 Å². The molecule has 0 spiro atoms. The number of benzene rings is 1. The lowest BCUT2D eigenvalue weighted by molar-refractivity contribution is -0.384. The zero-order valence-corrected chi connectivity index (χ0v) is 12.5. The molecule has 2 N–H and O–H groups in total. The molecule has 21 heavy (non-hydrogen) atoms. The minimum atomic E-state index is -0.350. The number of aliphatic hydroxyl groups excluding tert-OH is 1. The summed E-state index contributed by atoms with van der Waals surface area (Å²) in [6, 6.07) is 7.28. The Bertz CT molecular complexity index is 478. The van der Waals surface area contributed by atoms with E-state index < -0.39 is 0 Å². The molecule has 0 amide bonds. The van der Waals surface area contributed by atoms with Gasteiger partial charge < -0.3 is 10.4 Å². The lowest BCUT2D eigenvalue weighted by Gasteiger charge is -2.31. The molecule has 1 fully saturated rings. The normalized spacial score (nSPS) is 23.7. The predicted molar refractivity (Wildman–Crippen MR) is 82.1 cm³/mol.